The molecule has 1 fully saturated rings. The fourth-order valence-corrected chi connectivity index (χ4v) is 2.97. The zero-order valence-corrected chi connectivity index (χ0v) is 12.5. The first-order chi connectivity index (χ1) is 9.98. The van der Waals surface area contributed by atoms with Crippen LogP contribution in [0.1, 0.15) is 31.7 Å². The van der Waals surface area contributed by atoms with E-state index < -0.39 is 11.4 Å². The molecule has 0 spiro atoms. The molecule has 1 aliphatic rings. The van der Waals surface area contributed by atoms with E-state index in [2.05, 4.69) is 0 Å². The summed E-state index contributed by atoms with van der Waals surface area (Å²) in [4.78, 5) is 27.2. The van der Waals surface area contributed by atoms with Crippen molar-refractivity contribution in [3.05, 3.63) is 24.2 Å². The molecule has 1 saturated heterocycles. The first kappa shape index (κ1) is 15.4. The zero-order valence-electron chi connectivity index (χ0n) is 12.5. The van der Waals surface area contributed by atoms with Crippen molar-refractivity contribution in [2.24, 2.45) is 5.41 Å². The Kier molecular flexibility index (Phi) is 4.55. The minimum Gasteiger partial charge on any atom is -0.481 e. The lowest BCUT2D eigenvalue weighted by Crippen LogP contribution is -2.42. The molecular formula is C15H22N2O4. The van der Waals surface area contributed by atoms with Crippen molar-refractivity contribution in [1.82, 2.24) is 9.80 Å². The van der Waals surface area contributed by atoms with Gasteiger partial charge in [0.25, 0.3) is 0 Å². The van der Waals surface area contributed by atoms with E-state index in [1.165, 1.54) is 0 Å². The maximum atomic E-state index is 12.4. The van der Waals surface area contributed by atoms with Gasteiger partial charge in [-0.05, 0) is 18.9 Å². The number of carboxylic acid groups (broad SMARTS) is 1. The van der Waals surface area contributed by atoms with Gasteiger partial charge in [-0.15, -0.1) is 0 Å². The van der Waals surface area contributed by atoms with Crippen molar-refractivity contribution >= 4 is 12.0 Å². The third kappa shape index (κ3) is 3.20. The molecule has 1 aromatic rings. The van der Waals surface area contributed by atoms with Gasteiger partial charge in [0.1, 0.15) is 0 Å². The molecule has 0 bridgehead atoms. The van der Waals surface area contributed by atoms with Crippen LogP contribution in [0.2, 0.25) is 0 Å². The van der Waals surface area contributed by atoms with E-state index in [1.54, 1.807) is 29.4 Å². The molecular weight excluding hydrogens is 272 g/mol. The minimum absolute atomic E-state index is 0.129. The molecule has 6 nitrogen and oxygen atoms in total. The van der Waals surface area contributed by atoms with Gasteiger partial charge in [-0.25, -0.2) is 4.79 Å². The number of furan rings is 1. The average molecular weight is 294 g/mol. The lowest BCUT2D eigenvalue weighted by molar-refractivity contribution is -0.148. The smallest absolute Gasteiger partial charge is 0.320 e. The first-order valence-corrected chi connectivity index (χ1v) is 7.23. The number of likely N-dealkylation sites (tertiary alicyclic amines) is 1. The van der Waals surface area contributed by atoms with Crippen molar-refractivity contribution in [3.8, 4) is 0 Å². The molecule has 2 amide bonds. The van der Waals surface area contributed by atoms with Crippen LogP contribution in [-0.4, -0.2) is 47.0 Å². The van der Waals surface area contributed by atoms with Crippen molar-refractivity contribution in [2.45, 2.75) is 32.7 Å². The standard InChI is InChI=1S/C15H22N2O4/c1-3-5-15(13(18)19)6-7-17(11-15)14(20)16(2)9-12-4-8-21-10-12/h4,8,10H,3,5-7,9,11H2,1-2H3,(H,18,19). The van der Waals surface area contributed by atoms with Crippen LogP contribution in [0.15, 0.2) is 23.0 Å². The Bertz CT molecular complexity index is 500. The van der Waals surface area contributed by atoms with Crippen LogP contribution in [0, 0.1) is 5.41 Å². The topological polar surface area (TPSA) is 74.0 Å². The summed E-state index contributed by atoms with van der Waals surface area (Å²) in [6, 6.07) is 1.68. The average Bonchev–Trinajstić information content (AvgIpc) is 3.08. The summed E-state index contributed by atoms with van der Waals surface area (Å²) in [5.41, 5.74) is 0.143. The monoisotopic (exact) mass is 294 g/mol. The molecule has 2 rings (SSSR count). The lowest BCUT2D eigenvalue weighted by Gasteiger charge is -2.27. The van der Waals surface area contributed by atoms with E-state index in [1.807, 2.05) is 13.0 Å². The second kappa shape index (κ2) is 6.20. The zero-order chi connectivity index (χ0) is 15.5. The van der Waals surface area contributed by atoms with Gasteiger partial charge in [-0.2, -0.15) is 0 Å². The summed E-state index contributed by atoms with van der Waals surface area (Å²) >= 11 is 0. The number of nitrogens with zero attached hydrogens (tertiary/aromatic N) is 2. The molecule has 1 aliphatic heterocycles. The molecule has 2 heterocycles. The summed E-state index contributed by atoms with van der Waals surface area (Å²) in [7, 11) is 1.72. The van der Waals surface area contributed by atoms with Gasteiger partial charge in [-0.3, -0.25) is 4.79 Å². The Morgan fingerprint density at radius 1 is 1.52 bits per heavy atom. The number of aliphatic carboxylic acids is 1. The van der Waals surface area contributed by atoms with Crippen LogP contribution in [0.3, 0.4) is 0 Å². The number of carboxylic acids is 1. The second-order valence-electron chi connectivity index (χ2n) is 5.78. The largest absolute Gasteiger partial charge is 0.481 e. The fourth-order valence-electron chi connectivity index (χ4n) is 2.97. The number of hydrogen-bond acceptors (Lipinski definition) is 3. The quantitative estimate of drug-likeness (QED) is 0.905. The van der Waals surface area contributed by atoms with Crippen LogP contribution < -0.4 is 0 Å². The van der Waals surface area contributed by atoms with Gasteiger partial charge in [0.05, 0.1) is 24.5 Å². The minimum atomic E-state index is -0.794. The molecule has 0 saturated carbocycles. The van der Waals surface area contributed by atoms with E-state index in [0.29, 0.717) is 32.5 Å². The number of urea groups is 1. The van der Waals surface area contributed by atoms with E-state index in [0.717, 1.165) is 12.0 Å². The highest BCUT2D eigenvalue weighted by Gasteiger charge is 2.45. The van der Waals surface area contributed by atoms with Gasteiger partial charge in [-0.1, -0.05) is 13.3 Å². The molecule has 0 aromatic carbocycles. The number of amides is 2. The highest BCUT2D eigenvalue weighted by molar-refractivity contribution is 5.79. The Morgan fingerprint density at radius 3 is 2.86 bits per heavy atom. The SMILES string of the molecule is CCCC1(C(=O)O)CCN(C(=O)N(C)Cc2ccoc2)C1. The summed E-state index contributed by atoms with van der Waals surface area (Å²) in [5, 5.41) is 9.48. The van der Waals surface area contributed by atoms with Crippen LogP contribution in [0.5, 0.6) is 0 Å². The highest BCUT2D eigenvalue weighted by Crippen LogP contribution is 2.36. The summed E-state index contributed by atoms with van der Waals surface area (Å²) in [6.45, 7) is 3.23. The maximum absolute atomic E-state index is 12.4. The fraction of sp³-hybridized carbons (Fsp3) is 0.600. The van der Waals surface area contributed by atoms with E-state index in [4.69, 9.17) is 4.42 Å². The van der Waals surface area contributed by atoms with Crippen LogP contribution in [-0.2, 0) is 11.3 Å². The van der Waals surface area contributed by atoms with Crippen LogP contribution in [0.4, 0.5) is 4.79 Å². The highest BCUT2D eigenvalue weighted by atomic mass is 16.4. The molecule has 6 heteroatoms. The van der Waals surface area contributed by atoms with Crippen molar-refractivity contribution in [3.63, 3.8) is 0 Å². The molecule has 116 valence electrons. The predicted octanol–water partition coefficient (Wildman–Crippen LogP) is 2.41. The molecule has 21 heavy (non-hydrogen) atoms. The van der Waals surface area contributed by atoms with Gasteiger partial charge in [0.15, 0.2) is 0 Å². The van der Waals surface area contributed by atoms with Crippen molar-refractivity contribution in [2.75, 3.05) is 20.1 Å². The normalized spacial score (nSPS) is 21.5. The summed E-state index contributed by atoms with van der Waals surface area (Å²) in [5.74, 6) is -0.794. The number of carbonyl (C=O) groups excluding carboxylic acids is 1. The lowest BCUT2D eigenvalue weighted by atomic mass is 9.83. The molecule has 1 N–H and O–H groups in total. The summed E-state index contributed by atoms with van der Waals surface area (Å²) in [6.07, 6.45) is 5.12. The molecule has 1 unspecified atom stereocenters. The van der Waals surface area contributed by atoms with E-state index in [9.17, 15) is 14.7 Å². The first-order valence-electron chi connectivity index (χ1n) is 7.23. The Morgan fingerprint density at radius 2 is 2.29 bits per heavy atom. The molecule has 0 radical (unpaired) electrons. The molecule has 0 aliphatic carbocycles. The van der Waals surface area contributed by atoms with Gasteiger partial charge in [0.2, 0.25) is 0 Å². The van der Waals surface area contributed by atoms with Crippen LogP contribution in [0.25, 0.3) is 0 Å². The molecule has 1 atom stereocenters. The Balaban J connectivity index is 1.99. The van der Waals surface area contributed by atoms with E-state index >= 15 is 0 Å². The second-order valence-corrected chi connectivity index (χ2v) is 5.78. The van der Waals surface area contributed by atoms with Gasteiger partial charge >= 0.3 is 12.0 Å². The molecule has 1 aromatic heterocycles. The van der Waals surface area contributed by atoms with Crippen LogP contribution >= 0.6 is 0 Å². The maximum Gasteiger partial charge on any atom is 0.320 e. The predicted molar refractivity (Wildman–Crippen MR) is 76.7 cm³/mol. The number of carbonyl (C=O) groups is 2. The Hall–Kier alpha value is -1.98. The van der Waals surface area contributed by atoms with E-state index in [-0.39, 0.29) is 6.03 Å². The third-order valence-corrected chi connectivity index (χ3v) is 4.13. The third-order valence-electron chi connectivity index (χ3n) is 4.13. The van der Waals surface area contributed by atoms with Crippen molar-refractivity contribution in [1.29, 1.82) is 0 Å². The Labute approximate surface area is 124 Å². The summed E-state index contributed by atoms with van der Waals surface area (Å²) < 4.78 is 4.99. The van der Waals surface area contributed by atoms with Gasteiger partial charge < -0.3 is 19.3 Å². The number of hydrogen-bond donors (Lipinski definition) is 1. The van der Waals surface area contributed by atoms with Gasteiger partial charge in [0, 0.05) is 25.7 Å². The number of rotatable bonds is 5. The van der Waals surface area contributed by atoms with Crippen molar-refractivity contribution < 1.29 is 19.1 Å².